The van der Waals surface area contributed by atoms with Gasteiger partial charge in [-0.3, -0.25) is 9.59 Å². The molecule has 112 valence electrons. The molecule has 1 aromatic rings. The second kappa shape index (κ2) is 4.87. The van der Waals surface area contributed by atoms with E-state index in [9.17, 15) is 9.59 Å². The van der Waals surface area contributed by atoms with Gasteiger partial charge in [0.15, 0.2) is 0 Å². The Balaban J connectivity index is 2.09. The lowest BCUT2D eigenvalue weighted by Crippen LogP contribution is -2.42. The minimum Gasteiger partial charge on any atom is -0.387 e. The van der Waals surface area contributed by atoms with Gasteiger partial charge in [-0.1, -0.05) is 30.1 Å². The second-order valence-corrected chi connectivity index (χ2v) is 6.39. The van der Waals surface area contributed by atoms with Crippen LogP contribution in [-0.4, -0.2) is 41.5 Å². The van der Waals surface area contributed by atoms with Gasteiger partial charge in [0.25, 0.3) is 0 Å². The standard InChI is InChI=1S/C14H14Cl2N2O3/c1-7-4-18(12(20)5-19)6-14(7)8-2-9(15)10(16)3-11(8)17-13(14)21/h2-3,7,19H,4-6H2,1H3,(H,17,21). The van der Waals surface area contributed by atoms with Crippen LogP contribution < -0.4 is 5.32 Å². The van der Waals surface area contributed by atoms with Crippen molar-refractivity contribution in [2.24, 2.45) is 5.92 Å². The van der Waals surface area contributed by atoms with Crippen molar-refractivity contribution in [1.29, 1.82) is 0 Å². The molecule has 5 nitrogen and oxygen atoms in total. The van der Waals surface area contributed by atoms with Gasteiger partial charge in [-0.25, -0.2) is 0 Å². The van der Waals surface area contributed by atoms with E-state index < -0.39 is 12.0 Å². The fourth-order valence-electron chi connectivity index (χ4n) is 3.32. The van der Waals surface area contributed by atoms with E-state index in [1.807, 2.05) is 6.92 Å². The Kier molecular flexibility index (Phi) is 3.39. The van der Waals surface area contributed by atoms with Crippen molar-refractivity contribution in [1.82, 2.24) is 4.90 Å². The monoisotopic (exact) mass is 328 g/mol. The number of nitrogens with one attached hydrogen (secondary N) is 1. The number of rotatable bonds is 1. The van der Waals surface area contributed by atoms with Crippen LogP contribution in [0.5, 0.6) is 0 Å². The number of benzene rings is 1. The Bertz CT molecular complexity index is 649. The maximum atomic E-state index is 12.5. The van der Waals surface area contributed by atoms with Crippen LogP contribution in [0, 0.1) is 5.92 Å². The second-order valence-electron chi connectivity index (χ2n) is 5.57. The van der Waals surface area contributed by atoms with E-state index in [1.54, 1.807) is 12.1 Å². The number of carbonyl (C=O) groups excluding carboxylic acids is 2. The molecule has 2 N–H and O–H groups in total. The molecule has 0 saturated carbocycles. The Morgan fingerprint density at radius 2 is 2.14 bits per heavy atom. The Morgan fingerprint density at radius 3 is 2.81 bits per heavy atom. The van der Waals surface area contributed by atoms with Gasteiger partial charge in [0.2, 0.25) is 11.8 Å². The highest BCUT2D eigenvalue weighted by Gasteiger charge is 2.56. The number of nitrogens with zero attached hydrogens (tertiary/aromatic N) is 1. The van der Waals surface area contributed by atoms with E-state index in [0.29, 0.717) is 22.3 Å². The van der Waals surface area contributed by atoms with Gasteiger partial charge in [-0.15, -0.1) is 0 Å². The van der Waals surface area contributed by atoms with Crippen LogP contribution in [0.25, 0.3) is 0 Å². The summed E-state index contributed by atoms with van der Waals surface area (Å²) in [5.41, 5.74) is 0.580. The van der Waals surface area contributed by atoms with Crippen LogP contribution in [-0.2, 0) is 15.0 Å². The average Bonchev–Trinajstić information content (AvgIpc) is 2.92. The van der Waals surface area contributed by atoms with Gasteiger partial charge in [0.05, 0.1) is 15.5 Å². The van der Waals surface area contributed by atoms with E-state index in [1.165, 1.54) is 4.90 Å². The molecule has 0 aliphatic carbocycles. The quantitative estimate of drug-likeness (QED) is 0.823. The fourth-order valence-corrected chi connectivity index (χ4v) is 3.65. The molecule has 1 aromatic carbocycles. The Hall–Kier alpha value is -1.30. The van der Waals surface area contributed by atoms with Gasteiger partial charge in [0.1, 0.15) is 6.61 Å². The van der Waals surface area contributed by atoms with E-state index in [-0.39, 0.29) is 24.3 Å². The zero-order valence-electron chi connectivity index (χ0n) is 11.3. The maximum absolute atomic E-state index is 12.5. The third kappa shape index (κ3) is 1.95. The molecule has 0 bridgehead atoms. The summed E-state index contributed by atoms with van der Waals surface area (Å²) in [6, 6.07) is 3.33. The topological polar surface area (TPSA) is 69.6 Å². The zero-order valence-corrected chi connectivity index (χ0v) is 12.8. The molecule has 2 aliphatic heterocycles. The Labute approximate surface area is 131 Å². The van der Waals surface area contributed by atoms with Crippen molar-refractivity contribution in [2.45, 2.75) is 12.3 Å². The van der Waals surface area contributed by atoms with Crippen LogP contribution in [0.1, 0.15) is 12.5 Å². The Morgan fingerprint density at radius 1 is 1.48 bits per heavy atom. The molecule has 2 atom stereocenters. The highest BCUT2D eigenvalue weighted by molar-refractivity contribution is 6.42. The van der Waals surface area contributed by atoms with Crippen molar-refractivity contribution >= 4 is 40.7 Å². The summed E-state index contributed by atoms with van der Waals surface area (Å²) in [6.07, 6.45) is 0. The SMILES string of the molecule is CC1CN(C(=O)CO)CC12C(=O)Nc1cc(Cl)c(Cl)cc12. The number of fused-ring (bicyclic) bond motifs is 2. The number of halogens is 2. The van der Waals surface area contributed by atoms with Gasteiger partial charge >= 0.3 is 0 Å². The molecule has 7 heteroatoms. The van der Waals surface area contributed by atoms with Crippen LogP contribution in [0.3, 0.4) is 0 Å². The first-order valence-electron chi connectivity index (χ1n) is 6.59. The zero-order chi connectivity index (χ0) is 15.4. The highest BCUT2D eigenvalue weighted by Crippen LogP contribution is 2.49. The molecule has 2 unspecified atom stereocenters. The maximum Gasteiger partial charge on any atom is 0.248 e. The summed E-state index contributed by atoms with van der Waals surface area (Å²) < 4.78 is 0. The summed E-state index contributed by atoms with van der Waals surface area (Å²) in [5, 5.41) is 12.6. The number of aliphatic hydroxyl groups excluding tert-OH is 1. The molecule has 0 radical (unpaired) electrons. The predicted octanol–water partition coefficient (Wildman–Crippen LogP) is 1.65. The summed E-state index contributed by atoms with van der Waals surface area (Å²) in [7, 11) is 0. The van der Waals surface area contributed by atoms with Crippen molar-refractivity contribution in [3.63, 3.8) is 0 Å². The molecule has 2 heterocycles. The van der Waals surface area contributed by atoms with Crippen molar-refractivity contribution < 1.29 is 14.7 Å². The molecule has 2 amide bonds. The van der Waals surface area contributed by atoms with E-state index in [2.05, 4.69) is 5.32 Å². The largest absolute Gasteiger partial charge is 0.387 e. The minimum atomic E-state index is -0.825. The normalized spacial score (nSPS) is 27.1. The molecule has 21 heavy (non-hydrogen) atoms. The third-order valence-electron chi connectivity index (χ3n) is 4.46. The molecule has 0 aromatic heterocycles. The van der Waals surface area contributed by atoms with Crippen molar-refractivity contribution in [3.05, 3.63) is 27.7 Å². The summed E-state index contributed by atoms with van der Waals surface area (Å²) in [6.45, 7) is 2.03. The molecule has 1 fully saturated rings. The number of likely N-dealkylation sites (tertiary alicyclic amines) is 1. The fraction of sp³-hybridized carbons (Fsp3) is 0.429. The molecular formula is C14H14Cl2N2O3. The van der Waals surface area contributed by atoms with Gasteiger partial charge in [0, 0.05) is 18.8 Å². The number of amides is 2. The lowest BCUT2D eigenvalue weighted by Gasteiger charge is -2.26. The summed E-state index contributed by atoms with van der Waals surface area (Å²) in [5.74, 6) is -0.608. The summed E-state index contributed by atoms with van der Waals surface area (Å²) >= 11 is 12.1. The number of aliphatic hydroxyl groups is 1. The smallest absolute Gasteiger partial charge is 0.248 e. The molecule has 1 saturated heterocycles. The molecule has 1 spiro atoms. The number of hydrogen-bond donors (Lipinski definition) is 2. The number of hydrogen-bond acceptors (Lipinski definition) is 3. The molecular weight excluding hydrogens is 315 g/mol. The van der Waals surface area contributed by atoms with E-state index in [4.69, 9.17) is 28.3 Å². The van der Waals surface area contributed by atoms with Crippen molar-refractivity contribution in [3.8, 4) is 0 Å². The summed E-state index contributed by atoms with van der Waals surface area (Å²) in [4.78, 5) is 25.8. The molecule has 3 rings (SSSR count). The van der Waals surface area contributed by atoms with E-state index in [0.717, 1.165) is 5.56 Å². The van der Waals surface area contributed by atoms with Gasteiger partial charge in [-0.2, -0.15) is 0 Å². The number of anilines is 1. The van der Waals surface area contributed by atoms with Crippen LogP contribution in [0.4, 0.5) is 5.69 Å². The van der Waals surface area contributed by atoms with Gasteiger partial charge in [-0.05, 0) is 23.6 Å². The van der Waals surface area contributed by atoms with E-state index >= 15 is 0 Å². The van der Waals surface area contributed by atoms with Crippen LogP contribution in [0.2, 0.25) is 10.0 Å². The van der Waals surface area contributed by atoms with Crippen molar-refractivity contribution in [2.75, 3.05) is 25.0 Å². The van der Waals surface area contributed by atoms with Crippen LogP contribution in [0.15, 0.2) is 12.1 Å². The van der Waals surface area contributed by atoms with Gasteiger partial charge < -0.3 is 15.3 Å². The first-order chi connectivity index (χ1) is 9.90. The number of carbonyl (C=O) groups is 2. The molecule has 2 aliphatic rings. The predicted molar refractivity (Wildman–Crippen MR) is 79.6 cm³/mol. The first kappa shape index (κ1) is 14.6. The lowest BCUT2D eigenvalue weighted by molar-refractivity contribution is -0.133. The first-order valence-corrected chi connectivity index (χ1v) is 7.35. The van der Waals surface area contributed by atoms with Crippen LogP contribution >= 0.6 is 23.2 Å². The highest BCUT2D eigenvalue weighted by atomic mass is 35.5. The third-order valence-corrected chi connectivity index (χ3v) is 5.18. The average molecular weight is 329 g/mol. The minimum absolute atomic E-state index is 0.0773. The lowest BCUT2D eigenvalue weighted by atomic mass is 9.74.